The summed E-state index contributed by atoms with van der Waals surface area (Å²) in [5.74, 6) is 1.81. The van der Waals surface area contributed by atoms with Crippen LogP contribution in [0.2, 0.25) is 0 Å². The molecule has 6 heteroatoms. The second kappa shape index (κ2) is 11.5. The Bertz CT molecular complexity index is 1020. The lowest BCUT2D eigenvalue weighted by Gasteiger charge is -2.31. The molecule has 0 amide bonds. The Morgan fingerprint density at radius 3 is 2.32 bits per heavy atom. The van der Waals surface area contributed by atoms with Gasteiger partial charge in [-0.3, -0.25) is 9.58 Å². The van der Waals surface area contributed by atoms with Crippen molar-refractivity contribution in [2.24, 2.45) is 0 Å². The summed E-state index contributed by atoms with van der Waals surface area (Å²) in [6.45, 7) is 9.07. The van der Waals surface area contributed by atoms with E-state index in [0.717, 1.165) is 56.9 Å². The van der Waals surface area contributed by atoms with Crippen LogP contribution in [0.3, 0.4) is 0 Å². The van der Waals surface area contributed by atoms with E-state index in [9.17, 15) is 0 Å². The van der Waals surface area contributed by atoms with Crippen LogP contribution in [0.15, 0.2) is 60.9 Å². The maximum absolute atomic E-state index is 6.12. The van der Waals surface area contributed by atoms with Gasteiger partial charge < -0.3 is 14.2 Å². The number of ether oxygens (including phenoxy) is 3. The largest absolute Gasteiger partial charge is 0.492 e. The normalized spacial score (nSPS) is 19.0. The van der Waals surface area contributed by atoms with Gasteiger partial charge in [-0.05, 0) is 75.0 Å². The van der Waals surface area contributed by atoms with Gasteiger partial charge in [0, 0.05) is 26.4 Å². The molecular formula is C28H37N3O3. The van der Waals surface area contributed by atoms with Gasteiger partial charge in [-0.1, -0.05) is 29.8 Å². The van der Waals surface area contributed by atoms with Crippen LogP contribution in [-0.4, -0.2) is 53.7 Å². The van der Waals surface area contributed by atoms with E-state index in [1.807, 2.05) is 43.2 Å². The Morgan fingerprint density at radius 1 is 0.882 bits per heavy atom. The Kier molecular flexibility index (Phi) is 8.25. The monoisotopic (exact) mass is 463 g/mol. The maximum atomic E-state index is 6.12. The lowest BCUT2D eigenvalue weighted by molar-refractivity contribution is -0.0541. The molecule has 3 aromatic rings. The molecule has 1 atom stereocenters. The number of benzene rings is 2. The van der Waals surface area contributed by atoms with Crippen molar-refractivity contribution in [2.75, 3.05) is 33.4 Å². The highest BCUT2D eigenvalue weighted by Crippen LogP contribution is 2.28. The minimum absolute atomic E-state index is 0.232. The number of nitrogens with zero attached hydrogens (tertiary/aromatic N) is 3. The zero-order valence-electron chi connectivity index (χ0n) is 20.7. The quantitative estimate of drug-likeness (QED) is 0.422. The minimum Gasteiger partial charge on any atom is -0.492 e. The molecule has 0 aliphatic carbocycles. The summed E-state index contributed by atoms with van der Waals surface area (Å²) < 4.78 is 19.9. The molecule has 1 aromatic heterocycles. The first-order valence-corrected chi connectivity index (χ1v) is 12.2. The van der Waals surface area contributed by atoms with Gasteiger partial charge in [0.25, 0.3) is 0 Å². The van der Waals surface area contributed by atoms with Crippen LogP contribution in [0.4, 0.5) is 0 Å². The summed E-state index contributed by atoms with van der Waals surface area (Å²) in [4.78, 5) is 2.52. The lowest BCUT2D eigenvalue weighted by Crippen LogP contribution is -2.39. The van der Waals surface area contributed by atoms with Gasteiger partial charge in [0.05, 0.1) is 12.7 Å². The van der Waals surface area contributed by atoms with Gasteiger partial charge in [-0.15, -0.1) is 0 Å². The van der Waals surface area contributed by atoms with E-state index >= 15 is 0 Å². The van der Waals surface area contributed by atoms with Gasteiger partial charge >= 0.3 is 0 Å². The molecule has 1 aliphatic rings. The smallest absolute Gasteiger partial charge is 0.119 e. The summed E-state index contributed by atoms with van der Waals surface area (Å²) >= 11 is 0. The summed E-state index contributed by atoms with van der Waals surface area (Å²) in [5, 5.41) is 4.29. The number of hydrogen-bond acceptors (Lipinski definition) is 5. The summed E-state index contributed by atoms with van der Waals surface area (Å²) in [5.41, 5.74) is 3.47. The fourth-order valence-electron chi connectivity index (χ4n) is 4.43. The van der Waals surface area contributed by atoms with Crippen LogP contribution < -0.4 is 9.47 Å². The highest BCUT2D eigenvalue weighted by Gasteiger charge is 2.33. The Hall–Kier alpha value is -2.83. The van der Waals surface area contributed by atoms with Gasteiger partial charge in [0.15, 0.2) is 0 Å². The van der Waals surface area contributed by atoms with E-state index in [0.29, 0.717) is 13.2 Å². The first-order chi connectivity index (χ1) is 16.5. The second-order valence-corrected chi connectivity index (χ2v) is 9.39. The molecule has 2 aromatic carbocycles. The first kappa shape index (κ1) is 24.3. The molecule has 0 bridgehead atoms. The van der Waals surface area contributed by atoms with Crippen LogP contribution in [0.5, 0.6) is 11.5 Å². The van der Waals surface area contributed by atoms with Gasteiger partial charge in [0.2, 0.25) is 0 Å². The summed E-state index contributed by atoms with van der Waals surface area (Å²) in [7, 11) is 1.82. The molecule has 0 saturated carbocycles. The third-order valence-corrected chi connectivity index (χ3v) is 6.63. The molecule has 1 fully saturated rings. The molecule has 0 radical (unpaired) electrons. The molecule has 0 spiro atoms. The predicted molar refractivity (Wildman–Crippen MR) is 134 cm³/mol. The van der Waals surface area contributed by atoms with Crippen LogP contribution in [0.1, 0.15) is 36.0 Å². The number of hydrogen-bond donors (Lipinski definition) is 0. The van der Waals surface area contributed by atoms with E-state index in [1.165, 1.54) is 16.7 Å². The van der Waals surface area contributed by atoms with Crippen molar-refractivity contribution in [3.05, 3.63) is 77.6 Å². The number of aromatic nitrogens is 2. The van der Waals surface area contributed by atoms with Crippen molar-refractivity contribution in [3.8, 4) is 11.5 Å². The number of aryl methyl sites for hydroxylation is 2. The topological polar surface area (TPSA) is 48.8 Å². The van der Waals surface area contributed by atoms with Gasteiger partial charge in [-0.25, -0.2) is 0 Å². The number of rotatable bonds is 10. The van der Waals surface area contributed by atoms with Crippen LogP contribution in [-0.2, 0) is 17.8 Å². The van der Waals surface area contributed by atoms with E-state index in [1.54, 1.807) is 0 Å². The number of likely N-dealkylation sites (tertiary alicyclic amines) is 1. The van der Waals surface area contributed by atoms with Gasteiger partial charge in [0.1, 0.15) is 30.3 Å². The number of methoxy groups -OCH3 is 1. The molecule has 1 aliphatic heterocycles. The molecule has 34 heavy (non-hydrogen) atoms. The second-order valence-electron chi connectivity index (χ2n) is 9.39. The molecule has 2 heterocycles. The lowest BCUT2D eigenvalue weighted by atomic mass is 9.95. The van der Waals surface area contributed by atoms with E-state index < -0.39 is 0 Å². The molecule has 1 saturated heterocycles. The van der Waals surface area contributed by atoms with Crippen molar-refractivity contribution in [3.63, 3.8) is 0 Å². The zero-order valence-corrected chi connectivity index (χ0v) is 20.7. The highest BCUT2D eigenvalue weighted by molar-refractivity contribution is 5.27. The maximum Gasteiger partial charge on any atom is 0.119 e. The third-order valence-electron chi connectivity index (χ3n) is 6.63. The molecular weight excluding hydrogens is 426 g/mol. The van der Waals surface area contributed by atoms with Crippen molar-refractivity contribution >= 4 is 0 Å². The van der Waals surface area contributed by atoms with Crippen molar-refractivity contribution in [2.45, 2.75) is 51.8 Å². The van der Waals surface area contributed by atoms with E-state index in [4.69, 9.17) is 14.2 Å². The molecule has 182 valence electrons. The average molecular weight is 464 g/mol. The minimum atomic E-state index is -0.232. The molecule has 1 unspecified atom stereocenters. The van der Waals surface area contributed by atoms with Crippen LogP contribution >= 0.6 is 0 Å². The van der Waals surface area contributed by atoms with E-state index in [2.05, 4.69) is 53.3 Å². The fourth-order valence-corrected chi connectivity index (χ4v) is 4.43. The fraction of sp³-hybridized carbons (Fsp3) is 0.464. The van der Waals surface area contributed by atoms with E-state index in [-0.39, 0.29) is 5.60 Å². The van der Waals surface area contributed by atoms with Crippen molar-refractivity contribution in [1.82, 2.24) is 14.7 Å². The Labute approximate surface area is 203 Å². The first-order valence-electron chi connectivity index (χ1n) is 12.2. The van der Waals surface area contributed by atoms with Crippen LogP contribution in [0.25, 0.3) is 0 Å². The molecule has 0 N–H and O–H groups in total. The van der Waals surface area contributed by atoms with Crippen molar-refractivity contribution < 1.29 is 14.2 Å². The SMILES string of the molecule is COC1(COc2ccc(C)cc2)CCCN(Cc2ccc(OCCn3cc(C)cn3)cc2)CC1. The Balaban J connectivity index is 1.24. The Morgan fingerprint density at radius 2 is 1.62 bits per heavy atom. The zero-order chi connectivity index (χ0) is 23.8. The average Bonchev–Trinajstić information content (AvgIpc) is 3.16. The third kappa shape index (κ3) is 6.84. The summed E-state index contributed by atoms with van der Waals surface area (Å²) in [6.07, 6.45) is 6.96. The molecule has 6 nitrogen and oxygen atoms in total. The molecule has 4 rings (SSSR count). The predicted octanol–water partition coefficient (Wildman–Crippen LogP) is 5.03. The highest BCUT2D eigenvalue weighted by atomic mass is 16.5. The summed E-state index contributed by atoms with van der Waals surface area (Å²) in [6, 6.07) is 16.7. The van der Waals surface area contributed by atoms with Gasteiger partial charge in [-0.2, -0.15) is 5.10 Å². The van der Waals surface area contributed by atoms with Crippen molar-refractivity contribution in [1.29, 1.82) is 0 Å². The van der Waals surface area contributed by atoms with Crippen LogP contribution in [0, 0.1) is 13.8 Å². The standard InChI is InChI=1S/C28H37N3O3/c1-23-5-9-27(10-6-23)34-22-28(32-3)13-4-15-30(16-14-28)21-25-7-11-26(12-8-25)33-18-17-31-20-24(2)19-29-31/h5-12,19-20H,4,13-18,21-22H2,1-3H3.